The van der Waals surface area contributed by atoms with E-state index in [4.69, 9.17) is 9.47 Å². The lowest BCUT2D eigenvalue weighted by Crippen LogP contribution is -2.10. The van der Waals surface area contributed by atoms with Crippen molar-refractivity contribution in [3.05, 3.63) is 66.6 Å². The van der Waals surface area contributed by atoms with Crippen molar-refractivity contribution >= 4 is 5.57 Å². The molecule has 100 valence electrons. The first-order chi connectivity index (χ1) is 9.24. The van der Waals surface area contributed by atoms with Gasteiger partial charge in [-0.1, -0.05) is 38.3 Å². The van der Waals surface area contributed by atoms with Crippen molar-refractivity contribution in [2.24, 2.45) is 5.92 Å². The van der Waals surface area contributed by atoms with E-state index in [0.29, 0.717) is 19.1 Å². The second-order valence-corrected chi connectivity index (χ2v) is 4.82. The van der Waals surface area contributed by atoms with Crippen LogP contribution < -0.4 is 0 Å². The van der Waals surface area contributed by atoms with Gasteiger partial charge in [-0.05, 0) is 40.7 Å². The summed E-state index contributed by atoms with van der Waals surface area (Å²) in [5.74, 6) is 0.547. The quantitative estimate of drug-likeness (QED) is 0.714. The van der Waals surface area contributed by atoms with Crippen molar-refractivity contribution in [2.75, 3.05) is 6.61 Å². The molecule has 1 aromatic rings. The Hall–Kier alpha value is -1.96. The van der Waals surface area contributed by atoms with E-state index in [1.54, 1.807) is 0 Å². The first-order valence-corrected chi connectivity index (χ1v) is 6.52. The van der Waals surface area contributed by atoms with E-state index >= 15 is 0 Å². The minimum Gasteiger partial charge on any atom is -0.497 e. The highest BCUT2D eigenvalue weighted by molar-refractivity contribution is 5.71. The van der Waals surface area contributed by atoms with E-state index in [1.165, 1.54) is 29.2 Å². The van der Waals surface area contributed by atoms with Crippen LogP contribution in [0.1, 0.15) is 23.6 Å². The van der Waals surface area contributed by atoms with Gasteiger partial charge in [-0.3, -0.25) is 0 Å². The predicted octanol–water partition coefficient (Wildman–Crippen LogP) is 4.08. The molecule has 0 saturated carbocycles. The zero-order chi connectivity index (χ0) is 13.7. The number of benzene rings is 1. The second kappa shape index (κ2) is 6.28. The molecule has 0 amide bonds. The molecular formula is C17H20O2. The van der Waals surface area contributed by atoms with Gasteiger partial charge in [-0.2, -0.15) is 0 Å². The van der Waals surface area contributed by atoms with Crippen LogP contribution in [0.25, 0.3) is 5.57 Å². The number of allylic oxidation sites excluding steroid dienone is 1. The molecule has 0 fully saturated rings. The minimum atomic E-state index is 0.547. The van der Waals surface area contributed by atoms with Gasteiger partial charge in [-0.15, -0.1) is 0 Å². The van der Waals surface area contributed by atoms with E-state index < -0.39 is 0 Å². The van der Waals surface area contributed by atoms with Crippen molar-refractivity contribution in [3.63, 3.8) is 0 Å². The number of fused-ring (bicyclic) bond motifs is 1. The molecular weight excluding hydrogens is 236 g/mol. The number of hydrogen-bond acceptors (Lipinski definition) is 2. The Kier molecular flexibility index (Phi) is 4.45. The largest absolute Gasteiger partial charge is 0.497 e. The van der Waals surface area contributed by atoms with Gasteiger partial charge in [-0.25, -0.2) is 0 Å². The molecule has 1 unspecified atom stereocenters. The van der Waals surface area contributed by atoms with Gasteiger partial charge in [0.15, 0.2) is 0 Å². The van der Waals surface area contributed by atoms with Crippen LogP contribution >= 0.6 is 0 Å². The summed E-state index contributed by atoms with van der Waals surface area (Å²) in [4.78, 5) is 0. The fourth-order valence-corrected chi connectivity index (χ4v) is 2.46. The molecule has 1 atom stereocenters. The smallest absolute Gasteiger partial charge is 0.113 e. The molecule has 1 aliphatic rings. The number of ether oxygens (including phenoxy) is 2. The van der Waals surface area contributed by atoms with E-state index in [1.807, 2.05) is 0 Å². The first kappa shape index (κ1) is 13.5. The highest BCUT2D eigenvalue weighted by Crippen LogP contribution is 2.30. The van der Waals surface area contributed by atoms with Gasteiger partial charge >= 0.3 is 0 Å². The predicted molar refractivity (Wildman–Crippen MR) is 78.4 cm³/mol. The molecule has 0 bridgehead atoms. The molecule has 0 radical (unpaired) electrons. The summed E-state index contributed by atoms with van der Waals surface area (Å²) in [5, 5.41) is 0. The Morgan fingerprint density at radius 1 is 1.21 bits per heavy atom. The van der Waals surface area contributed by atoms with Gasteiger partial charge in [0.25, 0.3) is 0 Å². The molecule has 0 heterocycles. The highest BCUT2D eigenvalue weighted by atomic mass is 16.5. The molecule has 1 aliphatic carbocycles. The van der Waals surface area contributed by atoms with Crippen LogP contribution in [0.3, 0.4) is 0 Å². The fraction of sp³-hybridized carbons (Fsp3) is 0.294. The summed E-state index contributed by atoms with van der Waals surface area (Å²) >= 11 is 0. The van der Waals surface area contributed by atoms with Gasteiger partial charge in [0.05, 0.1) is 12.5 Å². The summed E-state index contributed by atoms with van der Waals surface area (Å²) < 4.78 is 10.6. The average Bonchev–Trinajstić information content (AvgIpc) is 2.42. The van der Waals surface area contributed by atoms with E-state index in [0.717, 1.165) is 12.0 Å². The molecule has 2 nitrogen and oxygen atoms in total. The molecule has 1 aromatic carbocycles. The lowest BCUT2D eigenvalue weighted by molar-refractivity contribution is 0.237. The lowest BCUT2D eigenvalue weighted by Gasteiger charge is -2.22. The monoisotopic (exact) mass is 256 g/mol. The lowest BCUT2D eigenvalue weighted by atomic mass is 9.85. The third-order valence-corrected chi connectivity index (χ3v) is 3.27. The second-order valence-electron chi connectivity index (χ2n) is 4.82. The molecule has 0 N–H and O–H groups in total. The van der Waals surface area contributed by atoms with Crippen LogP contribution in [-0.2, 0) is 22.5 Å². The van der Waals surface area contributed by atoms with E-state index in [-0.39, 0.29) is 0 Å². The normalized spacial score (nSPS) is 17.1. The Morgan fingerprint density at radius 3 is 2.68 bits per heavy atom. The minimum absolute atomic E-state index is 0.547. The number of rotatable bonds is 6. The third-order valence-electron chi connectivity index (χ3n) is 3.27. The van der Waals surface area contributed by atoms with Crippen molar-refractivity contribution in [1.29, 1.82) is 0 Å². The van der Waals surface area contributed by atoms with Crippen LogP contribution in [0.4, 0.5) is 0 Å². The summed E-state index contributed by atoms with van der Waals surface area (Å²) in [5.41, 5.74) is 5.02. The van der Waals surface area contributed by atoms with E-state index in [2.05, 4.69) is 44.4 Å². The maximum atomic E-state index is 5.35. The number of hydrogen-bond donors (Lipinski definition) is 0. The van der Waals surface area contributed by atoms with Crippen LogP contribution in [0.2, 0.25) is 0 Å². The molecule has 2 heteroatoms. The Morgan fingerprint density at radius 2 is 1.95 bits per heavy atom. The van der Waals surface area contributed by atoms with Crippen LogP contribution in [0, 0.1) is 5.92 Å². The van der Waals surface area contributed by atoms with Gasteiger partial charge in [0.1, 0.15) is 13.2 Å². The Labute approximate surface area is 115 Å². The molecule has 19 heavy (non-hydrogen) atoms. The van der Waals surface area contributed by atoms with E-state index in [9.17, 15) is 0 Å². The molecule has 0 spiro atoms. The fourth-order valence-electron chi connectivity index (χ4n) is 2.46. The van der Waals surface area contributed by atoms with Crippen molar-refractivity contribution in [1.82, 2.24) is 0 Å². The zero-order valence-corrected chi connectivity index (χ0v) is 11.4. The van der Waals surface area contributed by atoms with Gasteiger partial charge in [0, 0.05) is 0 Å². The summed E-state index contributed by atoms with van der Waals surface area (Å²) in [6.45, 7) is 10.5. The third kappa shape index (κ3) is 3.28. The average molecular weight is 256 g/mol. The van der Waals surface area contributed by atoms with Crippen molar-refractivity contribution in [2.45, 2.75) is 20.0 Å². The topological polar surface area (TPSA) is 18.5 Å². The summed E-state index contributed by atoms with van der Waals surface area (Å²) in [6.07, 6.45) is 6.32. The van der Waals surface area contributed by atoms with Crippen LogP contribution in [0.5, 0.6) is 0 Å². The summed E-state index contributed by atoms with van der Waals surface area (Å²) in [6, 6.07) is 6.49. The molecule has 0 saturated heterocycles. The molecule has 2 rings (SSSR count). The maximum absolute atomic E-state index is 5.35. The Balaban J connectivity index is 2.27. The SMILES string of the molecule is C=COCC1=CC(C)Cc2ccc(COC=C)cc21. The first-order valence-electron chi connectivity index (χ1n) is 6.52. The van der Waals surface area contributed by atoms with Gasteiger partial charge in [0.2, 0.25) is 0 Å². The highest BCUT2D eigenvalue weighted by Gasteiger charge is 2.17. The van der Waals surface area contributed by atoms with Gasteiger partial charge < -0.3 is 9.47 Å². The van der Waals surface area contributed by atoms with Crippen molar-refractivity contribution < 1.29 is 9.47 Å². The maximum Gasteiger partial charge on any atom is 0.113 e. The standard InChI is InChI=1S/C17H20O2/c1-4-18-11-14-6-7-15-8-13(3)9-16(12-19-5-2)17(15)10-14/h4-7,9-10,13H,1-2,8,11-12H2,3H3. The molecule has 0 aromatic heterocycles. The van der Waals surface area contributed by atoms with Crippen molar-refractivity contribution in [3.8, 4) is 0 Å². The van der Waals surface area contributed by atoms with Crippen LogP contribution in [-0.4, -0.2) is 6.61 Å². The Bertz CT molecular complexity index is 500. The zero-order valence-electron chi connectivity index (χ0n) is 11.4. The summed E-state index contributed by atoms with van der Waals surface area (Å²) in [7, 11) is 0. The van der Waals surface area contributed by atoms with Crippen LogP contribution in [0.15, 0.2) is 50.0 Å². The molecule has 0 aliphatic heterocycles.